The lowest BCUT2D eigenvalue weighted by molar-refractivity contribution is -0.0494. The summed E-state index contributed by atoms with van der Waals surface area (Å²) in [6, 6.07) is 17.7. The molecule has 0 saturated carbocycles. The van der Waals surface area contributed by atoms with Crippen LogP contribution in [0.25, 0.3) is 11.1 Å². The van der Waals surface area contributed by atoms with Crippen molar-refractivity contribution in [1.29, 1.82) is 5.26 Å². The molecule has 0 radical (unpaired) electrons. The smallest absolute Gasteiger partial charge is 0.387 e. The van der Waals surface area contributed by atoms with Gasteiger partial charge in [0, 0.05) is 21.2 Å². The lowest BCUT2D eigenvalue weighted by Crippen LogP contribution is -2.03. The van der Waals surface area contributed by atoms with Crippen molar-refractivity contribution in [3.05, 3.63) is 81.8 Å². The number of nitriles is 1. The molecule has 4 nitrogen and oxygen atoms in total. The van der Waals surface area contributed by atoms with E-state index >= 15 is 0 Å². The highest BCUT2D eigenvalue weighted by Gasteiger charge is 2.17. The van der Waals surface area contributed by atoms with Crippen molar-refractivity contribution in [2.24, 2.45) is 0 Å². The van der Waals surface area contributed by atoms with Crippen LogP contribution in [0.4, 0.5) is 8.78 Å². The van der Waals surface area contributed by atoms with Gasteiger partial charge in [-0.3, -0.25) is 4.79 Å². The van der Waals surface area contributed by atoms with Gasteiger partial charge in [-0.25, -0.2) is 0 Å². The number of hydrogen-bond donors (Lipinski definition) is 1. The average molecular weight is 436 g/mol. The highest BCUT2D eigenvalue weighted by molar-refractivity contribution is 6.32. The van der Waals surface area contributed by atoms with Crippen LogP contribution in [0.15, 0.2) is 60.7 Å². The van der Waals surface area contributed by atoms with Crippen LogP contribution < -0.4 is 4.74 Å². The third kappa shape index (κ3) is 6.18. The van der Waals surface area contributed by atoms with Crippen molar-refractivity contribution >= 4 is 29.5 Å². The Labute approximate surface area is 175 Å². The Hall–Kier alpha value is -3.14. The molecular weight excluding hydrogens is 423 g/mol. The van der Waals surface area contributed by atoms with Crippen LogP contribution in [0.3, 0.4) is 0 Å². The number of halogens is 4. The predicted octanol–water partition coefficient (Wildman–Crippen LogP) is 6.34. The molecule has 0 atom stereocenters. The fraction of sp³-hybridized carbons (Fsp3) is 0.0476. The lowest BCUT2D eigenvalue weighted by atomic mass is 10.0. The van der Waals surface area contributed by atoms with E-state index in [1.165, 1.54) is 30.3 Å². The monoisotopic (exact) mass is 435 g/mol. The molecule has 0 bridgehead atoms. The van der Waals surface area contributed by atoms with Crippen LogP contribution in [0.1, 0.15) is 15.9 Å². The fourth-order valence-electron chi connectivity index (χ4n) is 2.34. The zero-order valence-corrected chi connectivity index (χ0v) is 16.2. The van der Waals surface area contributed by atoms with Crippen molar-refractivity contribution in [3.63, 3.8) is 0 Å². The molecule has 0 saturated heterocycles. The molecule has 0 aliphatic carbocycles. The third-order valence-electron chi connectivity index (χ3n) is 3.58. The van der Waals surface area contributed by atoms with E-state index in [1.54, 1.807) is 12.1 Å². The number of carbonyl (C=O) groups is 1. The summed E-state index contributed by atoms with van der Waals surface area (Å²) >= 11 is 11.7. The number of ether oxygens (including phenoxy) is 1. The summed E-state index contributed by atoms with van der Waals surface area (Å²) in [6.07, 6.45) is 0.406. The summed E-state index contributed by atoms with van der Waals surface area (Å²) in [7, 11) is 0. The van der Waals surface area contributed by atoms with Crippen LogP contribution in [0.5, 0.6) is 11.5 Å². The largest absolute Gasteiger partial charge is 0.507 e. The molecule has 0 aliphatic heterocycles. The summed E-state index contributed by atoms with van der Waals surface area (Å²) < 4.78 is 29.3. The van der Waals surface area contributed by atoms with Crippen LogP contribution in [-0.4, -0.2) is 18.0 Å². The number of rotatable bonds is 4. The second-order valence-corrected chi connectivity index (χ2v) is 6.38. The van der Waals surface area contributed by atoms with Crippen LogP contribution in [0, 0.1) is 11.3 Å². The average Bonchev–Trinajstić information content (AvgIpc) is 2.71. The first-order chi connectivity index (χ1) is 13.8. The maximum absolute atomic E-state index is 12.4. The van der Waals surface area contributed by atoms with Gasteiger partial charge >= 0.3 is 6.61 Å². The maximum Gasteiger partial charge on any atom is 0.387 e. The standard InChI is InChI=1S/C14H8Cl2F2O3.C7H5N/c15-8-1-2-12(21-14(17)18)10(4-8)11-5-9(16)3-7(6-19)13(11)20;8-6-7-4-2-1-3-5-7/h1-6,14,20H;1-5H. The van der Waals surface area contributed by atoms with Gasteiger partial charge in [-0.15, -0.1) is 0 Å². The van der Waals surface area contributed by atoms with Crippen LogP contribution >= 0.6 is 23.2 Å². The van der Waals surface area contributed by atoms with E-state index in [2.05, 4.69) is 4.74 Å². The van der Waals surface area contributed by atoms with E-state index in [-0.39, 0.29) is 32.5 Å². The van der Waals surface area contributed by atoms with Gasteiger partial charge in [-0.2, -0.15) is 14.0 Å². The molecule has 0 aliphatic rings. The second-order valence-electron chi connectivity index (χ2n) is 5.51. The van der Waals surface area contributed by atoms with Crippen molar-refractivity contribution in [2.45, 2.75) is 6.61 Å². The van der Waals surface area contributed by atoms with Gasteiger partial charge in [0.15, 0.2) is 6.29 Å². The Morgan fingerprint density at radius 3 is 2.21 bits per heavy atom. The van der Waals surface area contributed by atoms with Crippen LogP contribution in [-0.2, 0) is 0 Å². The minimum atomic E-state index is -3.04. The molecule has 148 valence electrons. The first-order valence-electron chi connectivity index (χ1n) is 8.03. The second kappa shape index (κ2) is 10.4. The summed E-state index contributed by atoms with van der Waals surface area (Å²) in [5, 5.41) is 18.7. The molecule has 0 heterocycles. The molecule has 3 aromatic rings. The number of aldehydes is 1. The molecule has 3 aromatic carbocycles. The molecule has 3 rings (SSSR count). The molecule has 1 N–H and O–H groups in total. The summed E-state index contributed by atoms with van der Waals surface area (Å²) in [5.41, 5.74) is 0.821. The highest BCUT2D eigenvalue weighted by Crippen LogP contribution is 2.41. The van der Waals surface area contributed by atoms with Crippen molar-refractivity contribution in [1.82, 2.24) is 0 Å². The number of nitrogens with zero attached hydrogens (tertiary/aromatic N) is 1. The van der Waals surface area contributed by atoms with E-state index in [0.717, 1.165) is 0 Å². The number of aromatic hydroxyl groups is 1. The van der Waals surface area contributed by atoms with Crippen molar-refractivity contribution in [2.75, 3.05) is 0 Å². The number of phenolic OH excluding ortho intramolecular Hbond substituents is 1. The van der Waals surface area contributed by atoms with E-state index in [0.29, 0.717) is 11.8 Å². The van der Waals surface area contributed by atoms with Crippen LogP contribution in [0.2, 0.25) is 10.0 Å². The van der Waals surface area contributed by atoms with Gasteiger partial charge in [0.2, 0.25) is 0 Å². The normalized spacial score (nSPS) is 9.93. The summed E-state index contributed by atoms with van der Waals surface area (Å²) in [4.78, 5) is 10.9. The van der Waals surface area contributed by atoms with Crippen molar-refractivity contribution < 1.29 is 23.4 Å². The Bertz CT molecular complexity index is 1040. The summed E-state index contributed by atoms with van der Waals surface area (Å²) in [6.45, 7) is -3.04. The van der Waals surface area contributed by atoms with E-state index in [1.807, 2.05) is 24.3 Å². The molecule has 0 amide bonds. The minimum Gasteiger partial charge on any atom is -0.507 e. The first-order valence-corrected chi connectivity index (χ1v) is 8.79. The van der Waals surface area contributed by atoms with E-state index < -0.39 is 12.4 Å². The highest BCUT2D eigenvalue weighted by atomic mass is 35.5. The SMILES string of the molecule is N#Cc1ccccc1.O=Cc1cc(Cl)cc(-c2cc(Cl)ccc2OC(F)F)c1O. The Morgan fingerprint density at radius 1 is 1.00 bits per heavy atom. The number of alkyl halides is 2. The Balaban J connectivity index is 0.000000313. The van der Waals surface area contributed by atoms with Gasteiger partial charge in [0.05, 0.1) is 17.2 Å². The van der Waals surface area contributed by atoms with E-state index in [4.69, 9.17) is 28.5 Å². The molecule has 8 heteroatoms. The van der Waals surface area contributed by atoms with E-state index in [9.17, 15) is 18.7 Å². The van der Waals surface area contributed by atoms with Gasteiger partial charge in [-0.1, -0.05) is 41.4 Å². The number of carbonyl (C=O) groups excluding carboxylic acids is 1. The predicted molar refractivity (Wildman–Crippen MR) is 107 cm³/mol. The Kier molecular flexibility index (Phi) is 7.96. The molecule has 0 unspecified atom stereocenters. The minimum absolute atomic E-state index is 0.0690. The Morgan fingerprint density at radius 2 is 1.66 bits per heavy atom. The third-order valence-corrected chi connectivity index (χ3v) is 4.04. The molecular formula is C21H13Cl2F2NO3. The lowest BCUT2D eigenvalue weighted by Gasteiger charge is -2.13. The number of phenols is 1. The maximum atomic E-state index is 12.4. The van der Waals surface area contributed by atoms with Gasteiger partial charge in [0.1, 0.15) is 11.5 Å². The zero-order valence-electron chi connectivity index (χ0n) is 14.7. The fourth-order valence-corrected chi connectivity index (χ4v) is 2.74. The summed E-state index contributed by atoms with van der Waals surface area (Å²) in [5.74, 6) is -0.584. The topological polar surface area (TPSA) is 70.3 Å². The quantitative estimate of drug-likeness (QED) is 0.485. The van der Waals surface area contributed by atoms with Crippen molar-refractivity contribution in [3.8, 4) is 28.7 Å². The van der Waals surface area contributed by atoms with Gasteiger partial charge in [-0.05, 0) is 42.5 Å². The molecule has 0 spiro atoms. The molecule has 0 fully saturated rings. The first kappa shape index (κ1) is 22.2. The van der Waals surface area contributed by atoms with Gasteiger partial charge < -0.3 is 9.84 Å². The zero-order chi connectivity index (χ0) is 21.4. The molecule has 0 aromatic heterocycles. The van der Waals surface area contributed by atoms with Gasteiger partial charge in [0.25, 0.3) is 0 Å². The number of benzene rings is 3. The number of hydrogen-bond acceptors (Lipinski definition) is 4. The molecule has 29 heavy (non-hydrogen) atoms.